The summed E-state index contributed by atoms with van der Waals surface area (Å²) in [7, 11) is 1.56. The second kappa shape index (κ2) is 8.34. The molecule has 0 aliphatic carbocycles. The Morgan fingerprint density at radius 1 is 1.30 bits per heavy atom. The van der Waals surface area contributed by atoms with Crippen LogP contribution in [0.3, 0.4) is 0 Å². The first-order chi connectivity index (χ1) is 14.1. The Kier molecular flexibility index (Phi) is 6.01. The normalized spacial score (nSPS) is 11.5. The number of nitrogens with zero attached hydrogens (tertiary/aromatic N) is 4. The van der Waals surface area contributed by atoms with E-state index in [1.54, 1.807) is 19.2 Å². The third-order valence-electron chi connectivity index (χ3n) is 4.02. The molecule has 2 N–H and O–H groups in total. The van der Waals surface area contributed by atoms with E-state index >= 15 is 0 Å². The Morgan fingerprint density at radius 3 is 2.63 bits per heavy atom. The van der Waals surface area contributed by atoms with Crippen molar-refractivity contribution in [3.8, 4) is 0 Å². The molecule has 0 aromatic carbocycles. The first-order valence-electron chi connectivity index (χ1n) is 8.50. The molecule has 0 saturated heterocycles. The number of hydrogen-bond donors (Lipinski definition) is 2. The molecule has 0 bridgehead atoms. The van der Waals surface area contributed by atoms with E-state index in [-0.39, 0.29) is 28.1 Å². The van der Waals surface area contributed by atoms with Gasteiger partial charge in [-0.05, 0) is 35.0 Å². The highest BCUT2D eigenvalue weighted by Crippen LogP contribution is 2.35. The van der Waals surface area contributed by atoms with Gasteiger partial charge in [0.05, 0.1) is 28.7 Å². The number of anilines is 1. The van der Waals surface area contributed by atoms with Crippen LogP contribution in [0.1, 0.15) is 27.6 Å². The van der Waals surface area contributed by atoms with Gasteiger partial charge in [0.25, 0.3) is 5.91 Å². The van der Waals surface area contributed by atoms with Crippen LogP contribution in [-0.4, -0.2) is 31.4 Å². The predicted molar refractivity (Wildman–Crippen MR) is 101 cm³/mol. The highest BCUT2D eigenvalue weighted by Gasteiger charge is 2.38. The van der Waals surface area contributed by atoms with Gasteiger partial charge < -0.3 is 15.1 Å². The van der Waals surface area contributed by atoms with Crippen LogP contribution in [0.15, 0.2) is 33.5 Å². The Labute approximate surface area is 176 Å². The van der Waals surface area contributed by atoms with Crippen molar-refractivity contribution in [1.82, 2.24) is 24.9 Å². The average molecular weight is 489 g/mol. The fourth-order valence-corrected chi connectivity index (χ4v) is 3.11. The van der Waals surface area contributed by atoms with Crippen LogP contribution in [0, 0.1) is 6.92 Å². The fourth-order valence-electron chi connectivity index (χ4n) is 2.60. The van der Waals surface area contributed by atoms with Crippen molar-refractivity contribution in [3.05, 3.63) is 51.9 Å². The summed E-state index contributed by atoms with van der Waals surface area (Å²) in [5.74, 6) is -0.695. The number of carbonyl (C=O) groups is 2. The number of amides is 2. The quantitative estimate of drug-likeness (QED) is 0.554. The van der Waals surface area contributed by atoms with Gasteiger partial charge in [0.15, 0.2) is 11.4 Å². The molecule has 3 rings (SSSR count). The first kappa shape index (κ1) is 21.6. The standard InChI is InChI=1S/C17H16BrF3N6O3/c1-9-13(18)15(17(19,20)21)25-27(9)8-12(28)23-11-7-26(2)24-14(11)16(29)22-6-10-4-3-5-30-10/h3-5,7H,6,8H2,1-2H3,(H,22,29)(H,23,28). The van der Waals surface area contributed by atoms with Crippen molar-refractivity contribution >= 4 is 33.4 Å². The lowest BCUT2D eigenvalue weighted by Gasteiger charge is -2.07. The number of furan rings is 1. The monoisotopic (exact) mass is 488 g/mol. The van der Waals surface area contributed by atoms with Crippen LogP contribution in [0.25, 0.3) is 0 Å². The summed E-state index contributed by atoms with van der Waals surface area (Å²) >= 11 is 2.85. The molecule has 0 atom stereocenters. The topological polar surface area (TPSA) is 107 Å². The zero-order valence-electron chi connectivity index (χ0n) is 15.7. The van der Waals surface area contributed by atoms with Gasteiger partial charge >= 0.3 is 6.18 Å². The van der Waals surface area contributed by atoms with Crippen LogP contribution >= 0.6 is 15.9 Å². The van der Waals surface area contributed by atoms with Gasteiger partial charge in [-0.2, -0.15) is 23.4 Å². The maximum Gasteiger partial charge on any atom is 0.436 e. The van der Waals surface area contributed by atoms with Crippen molar-refractivity contribution in [3.63, 3.8) is 0 Å². The lowest BCUT2D eigenvalue weighted by Crippen LogP contribution is -2.26. The largest absolute Gasteiger partial charge is 0.467 e. The maximum atomic E-state index is 13.0. The second-order valence-electron chi connectivity index (χ2n) is 6.28. The minimum Gasteiger partial charge on any atom is -0.467 e. The van der Waals surface area contributed by atoms with E-state index in [0.29, 0.717) is 5.76 Å². The molecule has 3 heterocycles. The predicted octanol–water partition coefficient (Wildman–Crippen LogP) is 2.87. The third-order valence-corrected chi connectivity index (χ3v) is 4.97. The Balaban J connectivity index is 1.71. The van der Waals surface area contributed by atoms with E-state index in [9.17, 15) is 22.8 Å². The molecule has 13 heteroatoms. The van der Waals surface area contributed by atoms with E-state index in [0.717, 1.165) is 4.68 Å². The summed E-state index contributed by atoms with van der Waals surface area (Å²) in [6, 6.07) is 3.36. The number of aromatic nitrogens is 4. The van der Waals surface area contributed by atoms with Gasteiger partial charge in [-0.1, -0.05) is 0 Å². The van der Waals surface area contributed by atoms with Crippen molar-refractivity contribution < 1.29 is 27.2 Å². The van der Waals surface area contributed by atoms with Crippen molar-refractivity contribution in [2.45, 2.75) is 26.2 Å². The fraction of sp³-hybridized carbons (Fsp3) is 0.294. The summed E-state index contributed by atoms with van der Waals surface area (Å²) in [5.41, 5.74) is -0.918. The molecular weight excluding hydrogens is 473 g/mol. The van der Waals surface area contributed by atoms with Crippen LogP contribution < -0.4 is 10.6 Å². The molecule has 3 aromatic heterocycles. The van der Waals surface area contributed by atoms with Crippen molar-refractivity contribution in [1.29, 1.82) is 0 Å². The van der Waals surface area contributed by atoms with Crippen LogP contribution in [0.4, 0.5) is 18.9 Å². The van der Waals surface area contributed by atoms with E-state index in [2.05, 4.69) is 36.8 Å². The molecule has 3 aromatic rings. The Hall–Kier alpha value is -3.09. The van der Waals surface area contributed by atoms with Gasteiger partial charge in [-0.25, -0.2) is 0 Å². The first-order valence-corrected chi connectivity index (χ1v) is 9.29. The molecule has 0 saturated carbocycles. The summed E-state index contributed by atoms with van der Waals surface area (Å²) in [4.78, 5) is 24.8. The summed E-state index contributed by atoms with van der Waals surface area (Å²) < 4.78 is 46.1. The Bertz CT molecular complexity index is 1070. The minimum absolute atomic E-state index is 0.0493. The lowest BCUT2D eigenvalue weighted by molar-refractivity contribution is -0.142. The summed E-state index contributed by atoms with van der Waals surface area (Å²) in [6.07, 6.45) is -1.78. The minimum atomic E-state index is -4.66. The lowest BCUT2D eigenvalue weighted by atomic mass is 10.3. The number of halogens is 4. The SMILES string of the molecule is Cc1c(Br)c(C(F)(F)F)nn1CC(=O)Nc1cn(C)nc1C(=O)NCc1ccco1. The highest BCUT2D eigenvalue weighted by atomic mass is 79.9. The zero-order chi connectivity index (χ0) is 22.1. The highest BCUT2D eigenvalue weighted by molar-refractivity contribution is 9.10. The molecule has 0 aliphatic rings. The van der Waals surface area contributed by atoms with E-state index in [1.165, 1.54) is 24.1 Å². The zero-order valence-corrected chi connectivity index (χ0v) is 17.3. The average Bonchev–Trinajstić information content (AvgIpc) is 3.36. The number of rotatable bonds is 6. The van der Waals surface area contributed by atoms with Gasteiger partial charge in [-0.3, -0.25) is 19.0 Å². The van der Waals surface area contributed by atoms with Gasteiger partial charge in [0.1, 0.15) is 12.3 Å². The maximum absolute atomic E-state index is 13.0. The van der Waals surface area contributed by atoms with Gasteiger partial charge in [-0.15, -0.1) is 0 Å². The smallest absolute Gasteiger partial charge is 0.436 e. The summed E-state index contributed by atoms with van der Waals surface area (Å²) in [5, 5.41) is 12.6. The molecule has 30 heavy (non-hydrogen) atoms. The van der Waals surface area contributed by atoms with Gasteiger partial charge in [0.2, 0.25) is 5.91 Å². The molecule has 160 valence electrons. The molecule has 0 fully saturated rings. The van der Waals surface area contributed by atoms with E-state index in [1.807, 2.05) is 0 Å². The third kappa shape index (κ3) is 4.72. The number of nitrogens with one attached hydrogen (secondary N) is 2. The molecule has 2 amide bonds. The van der Waals surface area contributed by atoms with Crippen molar-refractivity contribution in [2.75, 3.05) is 5.32 Å². The number of carbonyl (C=O) groups excluding carboxylic acids is 2. The van der Waals surface area contributed by atoms with Crippen LogP contribution in [0.2, 0.25) is 0 Å². The number of hydrogen-bond acceptors (Lipinski definition) is 5. The molecule has 0 aliphatic heterocycles. The second-order valence-corrected chi connectivity index (χ2v) is 7.07. The summed E-state index contributed by atoms with van der Waals surface area (Å²) in [6.45, 7) is 1.04. The number of alkyl halides is 3. The molecule has 9 nitrogen and oxygen atoms in total. The number of aryl methyl sites for hydroxylation is 1. The van der Waals surface area contributed by atoms with Crippen LogP contribution in [0.5, 0.6) is 0 Å². The molecule has 0 spiro atoms. The van der Waals surface area contributed by atoms with E-state index in [4.69, 9.17) is 4.42 Å². The Morgan fingerprint density at radius 2 is 2.03 bits per heavy atom. The van der Waals surface area contributed by atoms with Crippen LogP contribution in [-0.2, 0) is 31.1 Å². The molecule has 0 unspecified atom stereocenters. The van der Waals surface area contributed by atoms with Crippen molar-refractivity contribution in [2.24, 2.45) is 7.05 Å². The molecule has 0 radical (unpaired) electrons. The molecular formula is C17H16BrF3N6O3. The van der Waals surface area contributed by atoms with Gasteiger partial charge in [0, 0.05) is 13.2 Å². The van der Waals surface area contributed by atoms with E-state index < -0.39 is 30.2 Å².